The van der Waals surface area contributed by atoms with Gasteiger partial charge in [-0.1, -0.05) is 24.3 Å². The molecular weight excluding hydrogens is 489 g/mol. The van der Waals surface area contributed by atoms with Gasteiger partial charge in [0.25, 0.3) is 0 Å². The zero-order valence-corrected chi connectivity index (χ0v) is 24.9. The average molecular weight is 538 g/mol. The van der Waals surface area contributed by atoms with E-state index in [4.69, 9.17) is 14.2 Å². The first-order chi connectivity index (χ1) is 17.2. The Kier molecular flexibility index (Phi) is 12.3. The first kappa shape index (κ1) is 33.4. The van der Waals surface area contributed by atoms with Gasteiger partial charge in [-0.25, -0.2) is 14.0 Å². The Bertz CT molecular complexity index is 907. The van der Waals surface area contributed by atoms with Gasteiger partial charge in [0.15, 0.2) is 0 Å². The van der Waals surface area contributed by atoms with Crippen molar-refractivity contribution < 1.29 is 33.0 Å². The highest BCUT2D eigenvalue weighted by Crippen LogP contribution is 2.23. The van der Waals surface area contributed by atoms with Crippen LogP contribution in [0.25, 0.3) is 0 Å². The van der Waals surface area contributed by atoms with E-state index in [1.165, 1.54) is 6.92 Å². The van der Waals surface area contributed by atoms with Crippen LogP contribution in [0.15, 0.2) is 24.3 Å². The minimum absolute atomic E-state index is 0.0103. The maximum Gasteiger partial charge on any atom is 0.408 e. The van der Waals surface area contributed by atoms with Crippen LogP contribution in [0.3, 0.4) is 0 Å². The van der Waals surface area contributed by atoms with Gasteiger partial charge in [0.1, 0.15) is 29.0 Å². The molecule has 2 unspecified atom stereocenters. The molecule has 8 heteroatoms. The second kappa shape index (κ2) is 13.9. The Balaban J connectivity index is 3.05. The van der Waals surface area contributed by atoms with Gasteiger partial charge in [-0.3, -0.25) is 4.79 Å². The lowest BCUT2D eigenvalue weighted by molar-refractivity contribution is -0.163. The summed E-state index contributed by atoms with van der Waals surface area (Å²) in [5, 5.41) is 2.60. The molecule has 1 N–H and O–H groups in total. The zero-order chi connectivity index (χ0) is 29.3. The zero-order valence-electron chi connectivity index (χ0n) is 24.9. The lowest BCUT2D eigenvalue weighted by atomic mass is 9.92. The third-order valence-electron chi connectivity index (χ3n) is 5.20. The van der Waals surface area contributed by atoms with E-state index in [2.05, 4.69) is 5.32 Å². The van der Waals surface area contributed by atoms with Gasteiger partial charge in [-0.15, -0.1) is 0 Å². The molecule has 1 amide bonds. The molecule has 0 aliphatic carbocycles. The van der Waals surface area contributed by atoms with Crippen LogP contribution in [0.5, 0.6) is 0 Å². The molecule has 1 rings (SSSR count). The molecule has 1 aromatic carbocycles. The van der Waals surface area contributed by atoms with E-state index >= 15 is 0 Å². The van der Waals surface area contributed by atoms with E-state index in [0.29, 0.717) is 25.7 Å². The molecule has 0 aliphatic heterocycles. The number of aryl methyl sites for hydroxylation is 1. The van der Waals surface area contributed by atoms with Crippen molar-refractivity contribution in [2.75, 3.05) is 0 Å². The number of halogens is 1. The second-order valence-electron chi connectivity index (χ2n) is 12.9. The number of hydrogen-bond donors (Lipinski definition) is 1. The molecule has 1 aromatic rings. The second-order valence-corrected chi connectivity index (χ2v) is 12.9. The number of esters is 2. The van der Waals surface area contributed by atoms with Crippen molar-refractivity contribution in [2.45, 2.75) is 130 Å². The highest BCUT2D eigenvalue weighted by Gasteiger charge is 2.34. The molecule has 0 heterocycles. The van der Waals surface area contributed by atoms with Crippen LogP contribution in [-0.4, -0.2) is 47.0 Å². The van der Waals surface area contributed by atoms with Gasteiger partial charge in [0.2, 0.25) is 0 Å². The van der Waals surface area contributed by atoms with Crippen LogP contribution in [0.1, 0.15) is 99.6 Å². The number of alkyl carbamates (subject to hydrolysis) is 1. The third-order valence-corrected chi connectivity index (χ3v) is 5.20. The number of carbonyl (C=O) groups is 3. The van der Waals surface area contributed by atoms with Gasteiger partial charge in [0, 0.05) is 6.42 Å². The van der Waals surface area contributed by atoms with Crippen molar-refractivity contribution in [3.8, 4) is 0 Å². The van der Waals surface area contributed by atoms with Crippen LogP contribution in [-0.2, 0) is 36.6 Å². The van der Waals surface area contributed by atoms with Crippen molar-refractivity contribution in [3.63, 3.8) is 0 Å². The summed E-state index contributed by atoms with van der Waals surface area (Å²) in [6, 6.07) is 6.67. The molecule has 0 bridgehead atoms. The Labute approximate surface area is 228 Å². The summed E-state index contributed by atoms with van der Waals surface area (Å²) in [5.74, 6) is -1.74. The van der Waals surface area contributed by atoms with Gasteiger partial charge in [-0.2, -0.15) is 0 Å². The topological polar surface area (TPSA) is 90.9 Å². The number of carbonyl (C=O) groups excluding carboxylic acids is 3. The molecule has 0 saturated carbocycles. The van der Waals surface area contributed by atoms with Gasteiger partial charge >= 0.3 is 18.0 Å². The fraction of sp³-hybridized carbons (Fsp3) is 0.700. The molecule has 0 radical (unpaired) electrons. The van der Waals surface area contributed by atoms with Crippen LogP contribution < -0.4 is 5.32 Å². The van der Waals surface area contributed by atoms with E-state index in [-0.39, 0.29) is 6.42 Å². The minimum Gasteiger partial charge on any atom is -0.460 e. The average Bonchev–Trinajstić information content (AvgIpc) is 2.69. The standard InChI is InChI=1S/C30H48FNO6/c1-20(31)18-22-16-14-21(15-17-22)12-11-13-23(25(33)36-28(2,3)4)19-24(26(34)37-29(5,6)7)32-27(35)38-30(8,9)10/h14-17,20,23-24H,11-13,18-19H2,1-10H3,(H,32,35)/t20?,23?,24-/m0/s1. The van der Waals surface area contributed by atoms with Gasteiger partial charge in [-0.05, 0) is 106 Å². The Morgan fingerprint density at radius 3 is 1.74 bits per heavy atom. The van der Waals surface area contributed by atoms with E-state index < -0.39 is 53.0 Å². The van der Waals surface area contributed by atoms with Crippen molar-refractivity contribution in [1.82, 2.24) is 5.32 Å². The highest BCUT2D eigenvalue weighted by atomic mass is 19.1. The Hall–Kier alpha value is -2.64. The smallest absolute Gasteiger partial charge is 0.408 e. The quantitative estimate of drug-likeness (QED) is 0.256. The summed E-state index contributed by atoms with van der Waals surface area (Å²) in [6.07, 6.45) is 0.501. The number of benzene rings is 1. The molecule has 0 saturated heterocycles. The third kappa shape index (κ3) is 14.9. The van der Waals surface area contributed by atoms with Crippen molar-refractivity contribution >= 4 is 18.0 Å². The summed E-state index contributed by atoms with van der Waals surface area (Å²) in [4.78, 5) is 38.7. The minimum atomic E-state index is -1.09. The van der Waals surface area contributed by atoms with E-state index in [1.54, 1.807) is 62.3 Å². The molecule has 38 heavy (non-hydrogen) atoms. The lowest BCUT2D eigenvalue weighted by Gasteiger charge is -2.29. The molecule has 0 aliphatic rings. The summed E-state index contributed by atoms with van der Waals surface area (Å²) in [5.41, 5.74) is -0.246. The fourth-order valence-electron chi connectivity index (χ4n) is 3.76. The molecular formula is C30H48FNO6. The summed E-state index contributed by atoms with van der Waals surface area (Å²) < 4.78 is 29.8. The van der Waals surface area contributed by atoms with Crippen molar-refractivity contribution in [3.05, 3.63) is 35.4 Å². The van der Waals surface area contributed by atoms with Crippen molar-refractivity contribution in [1.29, 1.82) is 0 Å². The predicted octanol–water partition coefficient (Wildman–Crippen LogP) is 6.49. The van der Waals surface area contributed by atoms with Crippen LogP contribution >= 0.6 is 0 Å². The predicted molar refractivity (Wildman–Crippen MR) is 147 cm³/mol. The van der Waals surface area contributed by atoms with Crippen LogP contribution in [0.4, 0.5) is 9.18 Å². The van der Waals surface area contributed by atoms with E-state index in [0.717, 1.165) is 11.1 Å². The van der Waals surface area contributed by atoms with Gasteiger partial charge in [0.05, 0.1) is 5.92 Å². The van der Waals surface area contributed by atoms with Gasteiger partial charge < -0.3 is 19.5 Å². The van der Waals surface area contributed by atoms with Crippen molar-refractivity contribution in [2.24, 2.45) is 5.92 Å². The number of hydrogen-bond acceptors (Lipinski definition) is 6. The monoisotopic (exact) mass is 537 g/mol. The van der Waals surface area contributed by atoms with E-state index in [9.17, 15) is 18.8 Å². The molecule has 216 valence electrons. The molecule has 0 spiro atoms. The molecule has 0 fully saturated rings. The number of ether oxygens (including phenoxy) is 3. The molecule has 3 atom stereocenters. The Morgan fingerprint density at radius 2 is 1.26 bits per heavy atom. The summed E-state index contributed by atoms with van der Waals surface area (Å²) >= 11 is 0. The first-order valence-corrected chi connectivity index (χ1v) is 13.4. The Morgan fingerprint density at radius 1 is 0.789 bits per heavy atom. The largest absolute Gasteiger partial charge is 0.460 e. The summed E-state index contributed by atoms with van der Waals surface area (Å²) in [7, 11) is 0. The number of nitrogens with one attached hydrogen (secondary N) is 1. The summed E-state index contributed by atoms with van der Waals surface area (Å²) in [6.45, 7) is 17.3. The van der Waals surface area contributed by atoms with Crippen LogP contribution in [0, 0.1) is 5.92 Å². The number of amides is 1. The number of rotatable bonds is 11. The maximum absolute atomic E-state index is 13.3. The number of alkyl halides is 1. The normalized spacial score (nSPS) is 14.7. The van der Waals surface area contributed by atoms with Crippen LogP contribution in [0.2, 0.25) is 0 Å². The lowest BCUT2D eigenvalue weighted by Crippen LogP contribution is -2.47. The SMILES string of the molecule is CC(F)Cc1ccc(CCCC(C[C@H](NC(=O)OC(C)(C)C)C(=O)OC(C)(C)C)C(=O)OC(C)(C)C)cc1. The fourth-order valence-corrected chi connectivity index (χ4v) is 3.76. The highest BCUT2D eigenvalue weighted by molar-refractivity contribution is 5.83. The van der Waals surface area contributed by atoms with E-state index in [1.807, 2.05) is 24.3 Å². The maximum atomic E-state index is 13.3. The first-order valence-electron chi connectivity index (χ1n) is 13.4. The molecule has 7 nitrogen and oxygen atoms in total. The molecule has 0 aromatic heterocycles.